The quantitative estimate of drug-likeness (QED) is 0.0227. The molecule has 3 unspecified atom stereocenters. The van der Waals surface area contributed by atoms with E-state index in [0.29, 0.717) is 18.5 Å². The van der Waals surface area contributed by atoms with Crippen molar-refractivity contribution >= 4 is 22.1 Å². The van der Waals surface area contributed by atoms with Crippen LogP contribution in [0.25, 0.3) is 0 Å². The van der Waals surface area contributed by atoms with E-state index in [0.717, 1.165) is 26.5 Å². The molecule has 0 bridgehead atoms. The molecular formula is C43H83N3O5S. The van der Waals surface area contributed by atoms with E-state index in [1.165, 1.54) is 160 Å². The molecule has 0 radical (unpaired) electrons. The van der Waals surface area contributed by atoms with Crippen LogP contribution in [0.1, 0.15) is 208 Å². The number of amides is 1. The van der Waals surface area contributed by atoms with E-state index in [1.54, 1.807) is 0 Å². The minimum absolute atomic E-state index is 0.0474. The Bertz CT molecular complexity index is 1040. The molecule has 1 rings (SSSR count). The minimum atomic E-state index is -4.41. The van der Waals surface area contributed by atoms with Gasteiger partial charge in [0.1, 0.15) is 18.6 Å². The smallest absolute Gasteiger partial charge is 0.268 e. The van der Waals surface area contributed by atoms with Crippen molar-refractivity contribution in [2.75, 3.05) is 13.7 Å². The van der Waals surface area contributed by atoms with Gasteiger partial charge < -0.3 is 9.87 Å². The summed E-state index contributed by atoms with van der Waals surface area (Å²) in [5, 5.41) is 6.93. The first-order chi connectivity index (χ1) is 25.1. The van der Waals surface area contributed by atoms with Gasteiger partial charge in [0.25, 0.3) is 5.84 Å². The topological polar surface area (TPSA) is 111 Å². The van der Waals surface area contributed by atoms with Crippen molar-refractivity contribution < 1.29 is 26.5 Å². The lowest BCUT2D eigenvalue weighted by Gasteiger charge is -2.19. The highest BCUT2D eigenvalue weighted by Gasteiger charge is 2.35. The lowest BCUT2D eigenvalue weighted by molar-refractivity contribution is -0.587. The SMILES string of the molecule is CCCCCCCC/C=C\CCCCCCCC(=O)NC(C)C1=[N+](C(C)CCCCCC/C=C\CCCCCCCC)C(C)CN1.COS(=O)(=O)[O-]. The monoisotopic (exact) mass is 754 g/mol. The van der Waals surface area contributed by atoms with Gasteiger partial charge in [-0.2, -0.15) is 0 Å². The van der Waals surface area contributed by atoms with Crippen molar-refractivity contribution in [3.05, 3.63) is 24.3 Å². The Balaban J connectivity index is 0.00000397. The molecule has 1 aliphatic rings. The maximum absolute atomic E-state index is 12.7. The molecule has 52 heavy (non-hydrogen) atoms. The zero-order valence-corrected chi connectivity index (χ0v) is 35.6. The third-order valence-electron chi connectivity index (χ3n) is 10.1. The van der Waals surface area contributed by atoms with Gasteiger partial charge in [-0.15, -0.1) is 0 Å². The van der Waals surface area contributed by atoms with Crippen LogP contribution in [0, 0.1) is 0 Å². The zero-order valence-electron chi connectivity index (χ0n) is 34.7. The van der Waals surface area contributed by atoms with E-state index in [-0.39, 0.29) is 11.9 Å². The van der Waals surface area contributed by atoms with E-state index < -0.39 is 10.4 Å². The van der Waals surface area contributed by atoms with Crippen LogP contribution in [0.2, 0.25) is 0 Å². The number of hydrogen-bond donors (Lipinski definition) is 2. The normalized spacial score (nSPS) is 15.9. The molecule has 0 aromatic rings. The predicted octanol–water partition coefficient (Wildman–Crippen LogP) is 11.1. The lowest BCUT2D eigenvalue weighted by Crippen LogP contribution is -2.47. The van der Waals surface area contributed by atoms with Gasteiger partial charge in [0.05, 0.1) is 13.2 Å². The van der Waals surface area contributed by atoms with E-state index in [4.69, 9.17) is 0 Å². The van der Waals surface area contributed by atoms with Crippen LogP contribution < -0.4 is 10.6 Å². The Morgan fingerprint density at radius 3 is 1.56 bits per heavy atom. The Morgan fingerprint density at radius 1 is 0.750 bits per heavy atom. The summed E-state index contributed by atoms with van der Waals surface area (Å²) in [6.07, 6.45) is 44.3. The summed E-state index contributed by atoms with van der Waals surface area (Å²) < 4.78 is 33.6. The molecule has 9 heteroatoms. The van der Waals surface area contributed by atoms with Crippen LogP contribution >= 0.6 is 0 Å². The van der Waals surface area contributed by atoms with Crippen LogP contribution in [0.3, 0.4) is 0 Å². The van der Waals surface area contributed by atoms with Crippen molar-refractivity contribution in [3.8, 4) is 0 Å². The molecule has 8 nitrogen and oxygen atoms in total. The third-order valence-corrected chi connectivity index (χ3v) is 10.5. The van der Waals surface area contributed by atoms with Gasteiger partial charge in [0.2, 0.25) is 16.3 Å². The van der Waals surface area contributed by atoms with Crippen LogP contribution in [-0.2, 0) is 19.4 Å². The van der Waals surface area contributed by atoms with E-state index in [1.807, 2.05) is 0 Å². The summed E-state index contributed by atoms with van der Waals surface area (Å²) >= 11 is 0. The number of unbranched alkanes of at least 4 members (excludes halogenated alkanes) is 21. The number of hydrogen-bond acceptors (Lipinski definition) is 6. The average Bonchev–Trinajstić information content (AvgIpc) is 3.51. The van der Waals surface area contributed by atoms with Crippen LogP contribution in [-0.4, -0.2) is 61.1 Å². The summed E-state index contributed by atoms with van der Waals surface area (Å²) in [5.41, 5.74) is 0. The third kappa shape index (κ3) is 30.7. The molecule has 0 saturated heterocycles. The maximum Gasteiger partial charge on any atom is 0.268 e. The highest BCUT2D eigenvalue weighted by Crippen LogP contribution is 2.15. The Labute approximate surface area is 322 Å². The summed E-state index contributed by atoms with van der Waals surface area (Å²) in [4.78, 5) is 12.7. The van der Waals surface area contributed by atoms with Crippen molar-refractivity contribution in [1.29, 1.82) is 0 Å². The number of carbonyl (C=O) groups is 1. The fourth-order valence-corrected chi connectivity index (χ4v) is 6.94. The van der Waals surface area contributed by atoms with Gasteiger partial charge in [0.15, 0.2) is 0 Å². The number of nitrogens with zero attached hydrogens (tertiary/aromatic N) is 1. The van der Waals surface area contributed by atoms with Gasteiger partial charge in [-0.25, -0.2) is 8.42 Å². The van der Waals surface area contributed by atoms with Gasteiger partial charge in [-0.1, -0.05) is 134 Å². The van der Waals surface area contributed by atoms with Gasteiger partial charge in [-0.05, 0) is 91.4 Å². The number of amidine groups is 1. The second kappa shape index (κ2) is 35.0. The first kappa shape index (κ1) is 50.3. The number of allylic oxidation sites excluding steroid dienone is 4. The molecule has 1 amide bonds. The Hall–Kier alpha value is -1.71. The summed E-state index contributed by atoms with van der Waals surface area (Å²) in [7, 11) is -3.60. The van der Waals surface area contributed by atoms with E-state index >= 15 is 0 Å². The molecule has 306 valence electrons. The fraction of sp³-hybridized carbons (Fsp3) is 0.860. The summed E-state index contributed by atoms with van der Waals surface area (Å²) in [6, 6.07) is 1.03. The fourth-order valence-electron chi connectivity index (χ4n) is 6.94. The summed E-state index contributed by atoms with van der Waals surface area (Å²) in [5.74, 6) is 1.42. The van der Waals surface area contributed by atoms with Crippen LogP contribution in [0.15, 0.2) is 24.3 Å². The zero-order chi connectivity index (χ0) is 38.7. The van der Waals surface area contributed by atoms with Gasteiger partial charge in [0, 0.05) is 6.42 Å². The molecule has 0 saturated carbocycles. The largest absolute Gasteiger partial charge is 0.726 e. The standard InChI is InChI=1S/C42H79N3O.CH4O4S/c1-6-8-10-12-14-16-18-20-22-24-26-28-30-32-34-36-41(46)44-40(5)42-43-37-39(4)45(42)38(3)35-33-31-29-27-25-23-21-19-17-15-13-11-9-7-2;1-5-6(2,3)4/h20-23,38-40H,6-19,24-37H2,1-5H3,(H,44,46);1H3,(H,2,3,4)/b22-20-,23-21-;. The lowest BCUT2D eigenvalue weighted by atomic mass is 10.1. The highest BCUT2D eigenvalue weighted by molar-refractivity contribution is 7.80. The van der Waals surface area contributed by atoms with Crippen molar-refractivity contribution in [3.63, 3.8) is 0 Å². The van der Waals surface area contributed by atoms with E-state index in [2.05, 4.69) is 78.3 Å². The second-order valence-electron chi connectivity index (χ2n) is 15.1. The Kier molecular flexibility index (Phi) is 33.9. The molecule has 0 fully saturated rings. The first-order valence-electron chi connectivity index (χ1n) is 21.6. The summed E-state index contributed by atoms with van der Waals surface area (Å²) in [6.45, 7) is 12.4. The predicted molar refractivity (Wildman–Crippen MR) is 221 cm³/mol. The van der Waals surface area contributed by atoms with Gasteiger partial charge >= 0.3 is 0 Å². The van der Waals surface area contributed by atoms with Crippen molar-refractivity contribution in [2.45, 2.75) is 226 Å². The molecule has 0 aromatic heterocycles. The number of rotatable bonds is 33. The molecule has 1 aliphatic heterocycles. The first-order valence-corrected chi connectivity index (χ1v) is 22.9. The highest BCUT2D eigenvalue weighted by atomic mass is 32.3. The second-order valence-corrected chi connectivity index (χ2v) is 16.2. The molecule has 0 spiro atoms. The van der Waals surface area contributed by atoms with E-state index in [9.17, 15) is 17.8 Å². The van der Waals surface area contributed by atoms with Crippen LogP contribution in [0.4, 0.5) is 0 Å². The Morgan fingerprint density at radius 2 is 1.13 bits per heavy atom. The molecule has 0 aliphatic carbocycles. The molecule has 2 N–H and O–H groups in total. The van der Waals surface area contributed by atoms with Crippen LogP contribution in [0.5, 0.6) is 0 Å². The molecule has 0 aromatic carbocycles. The molecular weight excluding hydrogens is 671 g/mol. The minimum Gasteiger partial charge on any atom is -0.726 e. The van der Waals surface area contributed by atoms with Gasteiger partial charge in [-0.3, -0.25) is 18.9 Å². The number of nitrogens with one attached hydrogen (secondary N) is 2. The van der Waals surface area contributed by atoms with Crippen molar-refractivity contribution in [1.82, 2.24) is 10.6 Å². The maximum atomic E-state index is 12.7. The molecule has 3 atom stereocenters. The average molecular weight is 754 g/mol. The van der Waals surface area contributed by atoms with Crippen molar-refractivity contribution in [2.24, 2.45) is 0 Å². The number of carbonyl (C=O) groups excluding carboxylic acids is 1. The molecule has 1 heterocycles.